The average molecular weight is 257 g/mol. The van der Waals surface area contributed by atoms with Crippen LogP contribution in [0.15, 0.2) is 12.3 Å². The van der Waals surface area contributed by atoms with Crippen molar-refractivity contribution in [3.63, 3.8) is 0 Å². The third kappa shape index (κ3) is 2.35. The van der Waals surface area contributed by atoms with Gasteiger partial charge in [0, 0.05) is 12.7 Å². The van der Waals surface area contributed by atoms with Crippen LogP contribution in [0.1, 0.15) is 23.2 Å². The van der Waals surface area contributed by atoms with Crippen LogP contribution in [-0.4, -0.2) is 40.4 Å². The van der Waals surface area contributed by atoms with Gasteiger partial charge in [0.05, 0.1) is 23.2 Å². The van der Waals surface area contributed by atoms with E-state index in [1.54, 1.807) is 0 Å². The molecule has 0 spiro atoms. The first-order chi connectivity index (χ1) is 8.13. The van der Waals surface area contributed by atoms with Gasteiger partial charge in [-0.2, -0.15) is 0 Å². The molecule has 1 aromatic heterocycles. The molecule has 17 heavy (non-hydrogen) atoms. The van der Waals surface area contributed by atoms with Crippen molar-refractivity contribution in [1.82, 2.24) is 4.98 Å². The molecule has 1 aromatic rings. The molecule has 1 atom stereocenters. The molecule has 0 aromatic carbocycles. The van der Waals surface area contributed by atoms with Gasteiger partial charge < -0.3 is 15.1 Å². The highest BCUT2D eigenvalue weighted by Gasteiger charge is 2.26. The van der Waals surface area contributed by atoms with Crippen LogP contribution in [0.4, 0.5) is 5.82 Å². The van der Waals surface area contributed by atoms with E-state index in [1.807, 2.05) is 4.90 Å². The monoisotopic (exact) mass is 256 g/mol. The third-order valence-corrected chi connectivity index (χ3v) is 3.21. The Balaban J connectivity index is 2.30. The maximum Gasteiger partial charge on any atom is 0.337 e. The van der Waals surface area contributed by atoms with Crippen molar-refractivity contribution in [3.8, 4) is 0 Å². The molecule has 1 unspecified atom stereocenters. The number of hydrogen-bond acceptors (Lipinski definition) is 4. The number of aliphatic hydroxyl groups is 1. The summed E-state index contributed by atoms with van der Waals surface area (Å²) in [7, 11) is 0. The summed E-state index contributed by atoms with van der Waals surface area (Å²) in [4.78, 5) is 16.8. The fourth-order valence-corrected chi connectivity index (χ4v) is 2.34. The van der Waals surface area contributed by atoms with Gasteiger partial charge in [-0.1, -0.05) is 11.6 Å². The fraction of sp³-hybridized carbons (Fsp3) is 0.455. The lowest BCUT2D eigenvalue weighted by Crippen LogP contribution is -2.33. The summed E-state index contributed by atoms with van der Waals surface area (Å²) in [5.41, 5.74) is 0.0681. The van der Waals surface area contributed by atoms with Crippen molar-refractivity contribution in [1.29, 1.82) is 0 Å². The molecule has 1 saturated heterocycles. The van der Waals surface area contributed by atoms with Crippen LogP contribution >= 0.6 is 11.6 Å². The van der Waals surface area contributed by atoms with Crippen LogP contribution in [0.3, 0.4) is 0 Å². The molecule has 2 rings (SSSR count). The molecular formula is C11H13ClN2O3. The second-order valence-electron chi connectivity index (χ2n) is 4.01. The van der Waals surface area contributed by atoms with Gasteiger partial charge in [-0.3, -0.25) is 0 Å². The van der Waals surface area contributed by atoms with Crippen molar-refractivity contribution in [2.75, 3.05) is 18.1 Å². The Kier molecular flexibility index (Phi) is 3.49. The Hall–Kier alpha value is -1.33. The van der Waals surface area contributed by atoms with Gasteiger partial charge in [-0.25, -0.2) is 9.78 Å². The molecule has 0 saturated carbocycles. The smallest absolute Gasteiger partial charge is 0.337 e. The number of halogens is 1. The van der Waals surface area contributed by atoms with Gasteiger partial charge >= 0.3 is 5.97 Å². The first-order valence-electron chi connectivity index (χ1n) is 5.40. The van der Waals surface area contributed by atoms with Crippen LogP contribution in [0.5, 0.6) is 0 Å². The van der Waals surface area contributed by atoms with Gasteiger partial charge in [0.15, 0.2) is 0 Å². The number of pyridine rings is 1. The van der Waals surface area contributed by atoms with Crippen LogP contribution < -0.4 is 4.90 Å². The first-order valence-corrected chi connectivity index (χ1v) is 5.77. The van der Waals surface area contributed by atoms with E-state index in [1.165, 1.54) is 12.3 Å². The lowest BCUT2D eigenvalue weighted by molar-refractivity contribution is 0.0696. The SMILES string of the molecule is O=C(O)c1cnc(N2CCCC2CO)c(Cl)c1. The molecule has 2 heterocycles. The number of aromatic carboxylic acids is 1. The summed E-state index contributed by atoms with van der Waals surface area (Å²) in [6.07, 6.45) is 3.16. The molecule has 0 radical (unpaired) electrons. The van der Waals surface area contributed by atoms with Crippen molar-refractivity contribution < 1.29 is 15.0 Å². The Morgan fingerprint density at radius 3 is 3.00 bits per heavy atom. The van der Waals surface area contributed by atoms with E-state index in [0.29, 0.717) is 10.8 Å². The predicted molar refractivity (Wildman–Crippen MR) is 63.7 cm³/mol. The van der Waals surface area contributed by atoms with E-state index in [-0.39, 0.29) is 18.2 Å². The number of hydrogen-bond donors (Lipinski definition) is 2. The molecular weight excluding hydrogens is 244 g/mol. The standard InChI is InChI=1S/C11H13ClN2O3/c12-9-4-7(11(16)17)5-13-10(9)14-3-1-2-8(14)6-15/h4-5,8,15H,1-3,6H2,(H,16,17). The molecule has 0 amide bonds. The summed E-state index contributed by atoms with van der Waals surface area (Å²) in [5, 5.41) is 18.3. The molecule has 0 bridgehead atoms. The van der Waals surface area contributed by atoms with E-state index < -0.39 is 5.97 Å². The van der Waals surface area contributed by atoms with Crippen LogP contribution in [0, 0.1) is 0 Å². The van der Waals surface area contributed by atoms with E-state index in [9.17, 15) is 9.90 Å². The molecule has 0 aliphatic carbocycles. The van der Waals surface area contributed by atoms with Gasteiger partial charge in [0.1, 0.15) is 5.82 Å². The summed E-state index contributed by atoms with van der Waals surface area (Å²) in [6, 6.07) is 1.41. The largest absolute Gasteiger partial charge is 0.478 e. The maximum absolute atomic E-state index is 10.8. The highest BCUT2D eigenvalue weighted by atomic mass is 35.5. The molecule has 92 valence electrons. The van der Waals surface area contributed by atoms with E-state index in [0.717, 1.165) is 19.4 Å². The topological polar surface area (TPSA) is 73.7 Å². The Labute approximate surface area is 104 Å². The van der Waals surface area contributed by atoms with E-state index >= 15 is 0 Å². The highest BCUT2D eigenvalue weighted by Crippen LogP contribution is 2.30. The Bertz CT molecular complexity index is 439. The fourth-order valence-electron chi connectivity index (χ4n) is 2.06. The number of aliphatic hydroxyl groups excluding tert-OH is 1. The third-order valence-electron chi connectivity index (χ3n) is 2.93. The zero-order valence-corrected chi connectivity index (χ0v) is 9.89. The summed E-state index contributed by atoms with van der Waals surface area (Å²) >= 11 is 6.03. The number of rotatable bonds is 3. The van der Waals surface area contributed by atoms with Gasteiger partial charge in [0.2, 0.25) is 0 Å². The molecule has 1 aliphatic heterocycles. The van der Waals surface area contributed by atoms with Crippen molar-refractivity contribution in [2.45, 2.75) is 18.9 Å². The molecule has 5 nitrogen and oxygen atoms in total. The van der Waals surface area contributed by atoms with Crippen molar-refractivity contribution in [3.05, 3.63) is 22.8 Å². The number of carboxylic acids is 1. The number of aromatic nitrogens is 1. The molecule has 2 N–H and O–H groups in total. The normalized spacial score (nSPS) is 19.6. The lowest BCUT2D eigenvalue weighted by Gasteiger charge is -2.24. The minimum atomic E-state index is -1.05. The maximum atomic E-state index is 10.8. The molecule has 1 aliphatic rings. The summed E-state index contributed by atoms with van der Waals surface area (Å²) in [6.45, 7) is 0.836. The van der Waals surface area contributed by atoms with Gasteiger partial charge in [0.25, 0.3) is 0 Å². The zero-order valence-electron chi connectivity index (χ0n) is 9.14. The van der Waals surface area contributed by atoms with E-state index in [4.69, 9.17) is 16.7 Å². The lowest BCUT2D eigenvalue weighted by atomic mass is 10.2. The van der Waals surface area contributed by atoms with Gasteiger partial charge in [-0.05, 0) is 18.9 Å². The van der Waals surface area contributed by atoms with Crippen LogP contribution in [-0.2, 0) is 0 Å². The zero-order chi connectivity index (χ0) is 12.4. The predicted octanol–water partition coefficient (Wildman–Crippen LogP) is 1.39. The number of anilines is 1. The first kappa shape index (κ1) is 12.1. The summed E-state index contributed by atoms with van der Waals surface area (Å²) in [5.74, 6) is -0.501. The second-order valence-corrected chi connectivity index (χ2v) is 4.41. The Morgan fingerprint density at radius 1 is 1.65 bits per heavy atom. The number of nitrogens with zero attached hydrogens (tertiary/aromatic N) is 2. The van der Waals surface area contributed by atoms with Crippen LogP contribution in [0.2, 0.25) is 5.02 Å². The number of carboxylic acid groups (broad SMARTS) is 1. The second kappa shape index (κ2) is 4.89. The summed E-state index contributed by atoms with van der Waals surface area (Å²) < 4.78 is 0. The van der Waals surface area contributed by atoms with Crippen molar-refractivity contribution >= 4 is 23.4 Å². The minimum absolute atomic E-state index is 0.0238. The Morgan fingerprint density at radius 2 is 2.41 bits per heavy atom. The highest BCUT2D eigenvalue weighted by molar-refractivity contribution is 6.33. The van der Waals surface area contributed by atoms with Crippen LogP contribution in [0.25, 0.3) is 0 Å². The average Bonchev–Trinajstić information content (AvgIpc) is 2.76. The van der Waals surface area contributed by atoms with Crippen molar-refractivity contribution in [2.24, 2.45) is 0 Å². The quantitative estimate of drug-likeness (QED) is 0.855. The van der Waals surface area contributed by atoms with E-state index in [2.05, 4.69) is 4.98 Å². The molecule has 1 fully saturated rings. The number of carbonyl (C=O) groups is 1. The molecule has 6 heteroatoms. The van der Waals surface area contributed by atoms with Gasteiger partial charge in [-0.15, -0.1) is 0 Å². The minimum Gasteiger partial charge on any atom is -0.478 e.